The van der Waals surface area contributed by atoms with Gasteiger partial charge in [-0.25, -0.2) is 0 Å². The Kier molecular flexibility index (Phi) is 5.44. The number of hydrogen-bond acceptors (Lipinski definition) is 3. The molecule has 0 saturated carbocycles. The lowest BCUT2D eigenvalue weighted by Crippen LogP contribution is -2.46. The molecule has 1 aromatic heterocycles. The van der Waals surface area contributed by atoms with Crippen LogP contribution in [0.3, 0.4) is 0 Å². The second-order valence-corrected chi connectivity index (χ2v) is 6.31. The second-order valence-electron chi connectivity index (χ2n) is 4.12. The van der Waals surface area contributed by atoms with Gasteiger partial charge in [0.2, 0.25) is 0 Å². The third kappa shape index (κ3) is 3.29. The third-order valence-electron chi connectivity index (χ3n) is 3.20. The smallest absolute Gasteiger partial charge is 0.0613 e. The molecule has 4 heteroatoms. The average Bonchev–Trinajstić information content (AvgIpc) is 2.61. The summed E-state index contributed by atoms with van der Waals surface area (Å²) in [7, 11) is 0. The first kappa shape index (κ1) is 14.2. The van der Waals surface area contributed by atoms with E-state index >= 15 is 0 Å². The van der Waals surface area contributed by atoms with Crippen molar-refractivity contribution in [3.8, 4) is 0 Å². The van der Waals surface area contributed by atoms with Crippen molar-refractivity contribution in [3.63, 3.8) is 0 Å². The highest BCUT2D eigenvalue weighted by molar-refractivity contribution is 9.10. The summed E-state index contributed by atoms with van der Waals surface area (Å²) in [6.45, 7) is 7.37. The van der Waals surface area contributed by atoms with E-state index in [1.165, 1.54) is 14.2 Å². The highest BCUT2D eigenvalue weighted by atomic mass is 79.9. The van der Waals surface area contributed by atoms with Gasteiger partial charge in [0.05, 0.1) is 6.61 Å². The van der Waals surface area contributed by atoms with E-state index in [4.69, 9.17) is 0 Å². The van der Waals surface area contributed by atoms with E-state index in [2.05, 4.69) is 48.1 Å². The van der Waals surface area contributed by atoms with E-state index in [9.17, 15) is 5.11 Å². The first-order chi connectivity index (χ1) is 7.56. The zero-order valence-electron chi connectivity index (χ0n) is 10.1. The molecule has 16 heavy (non-hydrogen) atoms. The number of hydrogen-bond donors (Lipinski definition) is 2. The molecule has 2 nitrogen and oxygen atoms in total. The number of halogens is 1. The zero-order chi connectivity index (χ0) is 12.2. The van der Waals surface area contributed by atoms with E-state index < -0.39 is 0 Å². The predicted molar refractivity (Wildman–Crippen MR) is 74.0 cm³/mol. The normalized spacial score (nSPS) is 12.1. The number of thiophene rings is 1. The average molecular weight is 306 g/mol. The summed E-state index contributed by atoms with van der Waals surface area (Å²) >= 11 is 5.32. The number of rotatable bonds is 6. The Labute approximate surface area is 110 Å². The Balaban J connectivity index is 2.62. The first-order valence-electron chi connectivity index (χ1n) is 5.67. The van der Waals surface area contributed by atoms with Crippen LogP contribution >= 0.6 is 27.3 Å². The van der Waals surface area contributed by atoms with Crippen LogP contribution in [0, 0.1) is 6.92 Å². The molecule has 0 aliphatic carbocycles. The molecular weight excluding hydrogens is 286 g/mol. The van der Waals surface area contributed by atoms with Crippen LogP contribution in [0.15, 0.2) is 10.5 Å². The summed E-state index contributed by atoms with van der Waals surface area (Å²) in [5.41, 5.74) is -0.121. The summed E-state index contributed by atoms with van der Waals surface area (Å²) in [6.07, 6.45) is 1.90. The minimum absolute atomic E-state index is 0.121. The fraction of sp³-hybridized carbons (Fsp3) is 0.667. The van der Waals surface area contributed by atoms with Crippen LogP contribution in [-0.4, -0.2) is 17.3 Å². The molecule has 0 aliphatic rings. The summed E-state index contributed by atoms with van der Waals surface area (Å²) in [6, 6.07) is 2.15. The maximum Gasteiger partial charge on any atom is 0.0613 e. The molecule has 92 valence electrons. The maximum atomic E-state index is 9.45. The van der Waals surface area contributed by atoms with Crippen LogP contribution < -0.4 is 5.32 Å². The molecule has 0 radical (unpaired) electrons. The summed E-state index contributed by atoms with van der Waals surface area (Å²) in [5.74, 6) is 0. The summed E-state index contributed by atoms with van der Waals surface area (Å²) in [5, 5.41) is 12.9. The molecular formula is C12H20BrNOS. The molecule has 0 bridgehead atoms. The van der Waals surface area contributed by atoms with Crippen LogP contribution in [0.4, 0.5) is 0 Å². The van der Waals surface area contributed by atoms with Crippen LogP contribution in [0.2, 0.25) is 0 Å². The molecule has 0 unspecified atom stereocenters. The van der Waals surface area contributed by atoms with Gasteiger partial charge in [0.1, 0.15) is 0 Å². The van der Waals surface area contributed by atoms with Gasteiger partial charge in [-0.05, 0) is 41.8 Å². The van der Waals surface area contributed by atoms with Gasteiger partial charge in [0, 0.05) is 26.3 Å². The van der Waals surface area contributed by atoms with Crippen molar-refractivity contribution in [2.45, 2.75) is 45.7 Å². The molecule has 0 atom stereocenters. The molecule has 0 amide bonds. The maximum absolute atomic E-state index is 9.45. The minimum atomic E-state index is -0.121. The Bertz CT molecular complexity index is 306. The van der Waals surface area contributed by atoms with E-state index in [0.29, 0.717) is 0 Å². The lowest BCUT2D eigenvalue weighted by molar-refractivity contribution is 0.150. The highest BCUT2D eigenvalue weighted by Crippen LogP contribution is 2.27. The zero-order valence-corrected chi connectivity index (χ0v) is 12.5. The molecule has 0 aromatic carbocycles. The van der Waals surface area contributed by atoms with Gasteiger partial charge in [-0.1, -0.05) is 13.8 Å². The van der Waals surface area contributed by atoms with Crippen molar-refractivity contribution in [1.29, 1.82) is 0 Å². The first-order valence-corrected chi connectivity index (χ1v) is 7.28. The van der Waals surface area contributed by atoms with Gasteiger partial charge in [-0.3, -0.25) is 0 Å². The molecule has 0 aliphatic heterocycles. The van der Waals surface area contributed by atoms with Gasteiger partial charge in [-0.15, -0.1) is 11.3 Å². The van der Waals surface area contributed by atoms with Crippen molar-refractivity contribution < 1.29 is 5.11 Å². The van der Waals surface area contributed by atoms with Crippen molar-refractivity contribution in [3.05, 3.63) is 20.3 Å². The highest BCUT2D eigenvalue weighted by Gasteiger charge is 2.24. The van der Waals surface area contributed by atoms with Gasteiger partial charge in [-0.2, -0.15) is 0 Å². The quantitative estimate of drug-likeness (QED) is 0.843. The topological polar surface area (TPSA) is 32.3 Å². The summed E-state index contributed by atoms with van der Waals surface area (Å²) in [4.78, 5) is 2.61. The van der Waals surface area contributed by atoms with Crippen LogP contribution in [0.5, 0.6) is 0 Å². The molecule has 0 fully saturated rings. The van der Waals surface area contributed by atoms with Crippen molar-refractivity contribution >= 4 is 27.3 Å². The van der Waals surface area contributed by atoms with Crippen LogP contribution in [-0.2, 0) is 6.54 Å². The number of aliphatic hydroxyl groups excluding tert-OH is 1. The molecule has 0 saturated heterocycles. The standard InChI is InChI=1S/C12H20BrNOS/c1-4-12(5-2,8-15)14-7-10-6-11(13)9(3)16-10/h6,14-15H,4-5,7-8H2,1-3H3. The fourth-order valence-electron chi connectivity index (χ4n) is 1.66. The fourth-order valence-corrected chi connectivity index (χ4v) is 3.20. The Morgan fingerprint density at radius 2 is 2.06 bits per heavy atom. The SMILES string of the molecule is CCC(CC)(CO)NCc1cc(Br)c(C)s1. The molecule has 1 heterocycles. The van der Waals surface area contributed by atoms with E-state index in [-0.39, 0.29) is 12.1 Å². The monoisotopic (exact) mass is 305 g/mol. The third-order valence-corrected chi connectivity index (χ3v) is 5.34. The van der Waals surface area contributed by atoms with E-state index in [0.717, 1.165) is 19.4 Å². The van der Waals surface area contributed by atoms with Gasteiger partial charge < -0.3 is 10.4 Å². The number of aliphatic hydroxyl groups is 1. The van der Waals surface area contributed by atoms with E-state index in [1.807, 2.05) is 0 Å². The van der Waals surface area contributed by atoms with Crippen LogP contribution in [0.25, 0.3) is 0 Å². The lowest BCUT2D eigenvalue weighted by atomic mass is 9.94. The number of nitrogens with one attached hydrogen (secondary N) is 1. The minimum Gasteiger partial charge on any atom is -0.394 e. The predicted octanol–water partition coefficient (Wildman–Crippen LogP) is 3.46. The second kappa shape index (κ2) is 6.15. The van der Waals surface area contributed by atoms with Crippen molar-refractivity contribution in [1.82, 2.24) is 5.32 Å². The Morgan fingerprint density at radius 1 is 1.44 bits per heavy atom. The van der Waals surface area contributed by atoms with Gasteiger partial charge in [0.15, 0.2) is 0 Å². The summed E-state index contributed by atoms with van der Waals surface area (Å²) < 4.78 is 1.18. The van der Waals surface area contributed by atoms with Gasteiger partial charge in [0.25, 0.3) is 0 Å². The molecule has 0 spiro atoms. The lowest BCUT2D eigenvalue weighted by Gasteiger charge is -2.30. The Hall–Kier alpha value is 0.1000. The van der Waals surface area contributed by atoms with Crippen molar-refractivity contribution in [2.24, 2.45) is 0 Å². The number of aryl methyl sites for hydroxylation is 1. The molecule has 2 N–H and O–H groups in total. The van der Waals surface area contributed by atoms with Gasteiger partial charge >= 0.3 is 0 Å². The Morgan fingerprint density at radius 3 is 2.44 bits per heavy atom. The molecule has 1 rings (SSSR count). The largest absolute Gasteiger partial charge is 0.394 e. The van der Waals surface area contributed by atoms with Crippen molar-refractivity contribution in [2.75, 3.05) is 6.61 Å². The van der Waals surface area contributed by atoms with Crippen LogP contribution in [0.1, 0.15) is 36.4 Å². The molecule has 1 aromatic rings. The van der Waals surface area contributed by atoms with E-state index in [1.54, 1.807) is 11.3 Å².